The number of benzene rings is 1. The van der Waals surface area contributed by atoms with Crippen molar-refractivity contribution in [1.29, 1.82) is 0 Å². The van der Waals surface area contributed by atoms with Crippen molar-refractivity contribution in [2.24, 2.45) is 4.99 Å². The van der Waals surface area contributed by atoms with E-state index in [1.165, 1.54) is 11.1 Å². The molecule has 1 atom stereocenters. The van der Waals surface area contributed by atoms with Crippen LogP contribution in [-0.2, 0) is 30.7 Å². The lowest BCUT2D eigenvalue weighted by molar-refractivity contribution is 0.177. The van der Waals surface area contributed by atoms with Crippen molar-refractivity contribution >= 4 is 5.96 Å². The van der Waals surface area contributed by atoms with E-state index in [-0.39, 0.29) is 0 Å². The zero-order valence-corrected chi connectivity index (χ0v) is 18.8. The molecule has 30 heavy (non-hydrogen) atoms. The molecule has 0 spiro atoms. The Hall–Kier alpha value is -2.41. The molecule has 164 valence electrons. The number of aliphatic imine (C=N–C) groups is 1. The van der Waals surface area contributed by atoms with Gasteiger partial charge in [0.15, 0.2) is 11.8 Å². The molecule has 1 aromatic heterocycles. The standard InChI is InChI=1S/C23H36N6O/c1-5-24-23(25-14-6-7-18-8-10-19(11-9-18)17(2)3)26-20-12-13-22-27-21(16-30-4)28-29(22)15-20/h8-11,17,20H,5-7,12-16H2,1-4H3,(H2,24,25,26). The molecule has 1 aliphatic rings. The average molecular weight is 413 g/mol. The minimum Gasteiger partial charge on any atom is -0.377 e. The maximum absolute atomic E-state index is 5.15. The zero-order valence-electron chi connectivity index (χ0n) is 18.8. The van der Waals surface area contributed by atoms with E-state index in [0.29, 0.717) is 18.6 Å². The van der Waals surface area contributed by atoms with Crippen molar-refractivity contribution in [3.63, 3.8) is 0 Å². The van der Waals surface area contributed by atoms with Gasteiger partial charge in [0.1, 0.15) is 12.4 Å². The molecule has 0 saturated heterocycles. The average Bonchev–Trinajstić information content (AvgIpc) is 3.13. The molecule has 0 amide bonds. The first-order valence-corrected chi connectivity index (χ1v) is 11.1. The minimum absolute atomic E-state index is 0.302. The molecule has 0 radical (unpaired) electrons. The minimum atomic E-state index is 0.302. The van der Waals surface area contributed by atoms with Gasteiger partial charge in [0, 0.05) is 32.7 Å². The number of rotatable bonds is 9. The summed E-state index contributed by atoms with van der Waals surface area (Å²) in [4.78, 5) is 9.34. The Kier molecular flexibility index (Phi) is 8.25. The lowest BCUT2D eigenvalue weighted by Crippen LogP contribution is -2.47. The number of aryl methyl sites for hydroxylation is 2. The molecule has 2 heterocycles. The molecule has 7 nitrogen and oxygen atoms in total. The third-order valence-corrected chi connectivity index (χ3v) is 5.40. The summed E-state index contributed by atoms with van der Waals surface area (Å²) >= 11 is 0. The van der Waals surface area contributed by atoms with Crippen LogP contribution in [0.3, 0.4) is 0 Å². The van der Waals surface area contributed by atoms with Gasteiger partial charge in [0.2, 0.25) is 0 Å². The second-order valence-corrected chi connectivity index (χ2v) is 8.20. The summed E-state index contributed by atoms with van der Waals surface area (Å²) in [7, 11) is 1.67. The molecule has 1 aromatic carbocycles. The van der Waals surface area contributed by atoms with Crippen LogP contribution in [0.1, 0.15) is 62.3 Å². The molecule has 0 aliphatic carbocycles. The van der Waals surface area contributed by atoms with Crippen LogP contribution in [-0.4, -0.2) is 47.0 Å². The number of hydrogen-bond acceptors (Lipinski definition) is 4. The highest BCUT2D eigenvalue weighted by molar-refractivity contribution is 5.80. The zero-order chi connectivity index (χ0) is 21.3. The van der Waals surface area contributed by atoms with Crippen molar-refractivity contribution in [2.75, 3.05) is 20.2 Å². The number of methoxy groups -OCH3 is 1. The first-order valence-electron chi connectivity index (χ1n) is 11.1. The lowest BCUT2D eigenvalue weighted by atomic mass is 10.0. The van der Waals surface area contributed by atoms with E-state index < -0.39 is 0 Å². The summed E-state index contributed by atoms with van der Waals surface area (Å²) < 4.78 is 7.15. The van der Waals surface area contributed by atoms with Crippen LogP contribution in [0.2, 0.25) is 0 Å². The van der Waals surface area contributed by atoms with Gasteiger partial charge in [-0.1, -0.05) is 38.1 Å². The maximum Gasteiger partial charge on any atom is 0.191 e. The largest absolute Gasteiger partial charge is 0.377 e. The number of nitrogens with zero attached hydrogens (tertiary/aromatic N) is 4. The van der Waals surface area contributed by atoms with Crippen LogP contribution in [0, 0.1) is 0 Å². The third kappa shape index (κ3) is 6.29. The fraction of sp³-hybridized carbons (Fsp3) is 0.609. The molecule has 0 saturated carbocycles. The summed E-state index contributed by atoms with van der Waals surface area (Å²) in [6, 6.07) is 9.29. The molecule has 3 rings (SSSR count). The van der Waals surface area contributed by atoms with Crippen molar-refractivity contribution in [1.82, 2.24) is 25.4 Å². The van der Waals surface area contributed by atoms with Gasteiger partial charge in [-0.15, -0.1) is 0 Å². The second-order valence-electron chi connectivity index (χ2n) is 8.20. The Morgan fingerprint density at radius 1 is 1.30 bits per heavy atom. The third-order valence-electron chi connectivity index (χ3n) is 5.40. The SMILES string of the molecule is CCNC(=NCCCc1ccc(C(C)C)cc1)NC1CCc2nc(COC)nn2C1. The Bertz CT molecular complexity index is 812. The van der Waals surface area contributed by atoms with E-state index in [1.807, 2.05) is 4.68 Å². The van der Waals surface area contributed by atoms with Crippen LogP contribution in [0.15, 0.2) is 29.3 Å². The van der Waals surface area contributed by atoms with Gasteiger partial charge in [-0.3, -0.25) is 4.99 Å². The number of aromatic nitrogens is 3. The number of guanidine groups is 1. The van der Waals surface area contributed by atoms with E-state index in [1.54, 1.807) is 7.11 Å². The number of fused-ring (bicyclic) bond motifs is 1. The quantitative estimate of drug-likeness (QED) is 0.376. The van der Waals surface area contributed by atoms with Crippen LogP contribution in [0.5, 0.6) is 0 Å². The van der Waals surface area contributed by atoms with E-state index >= 15 is 0 Å². The van der Waals surface area contributed by atoms with Crippen LogP contribution >= 0.6 is 0 Å². The highest BCUT2D eigenvalue weighted by atomic mass is 16.5. The van der Waals surface area contributed by atoms with E-state index in [9.17, 15) is 0 Å². The Morgan fingerprint density at radius 2 is 2.10 bits per heavy atom. The second kappa shape index (κ2) is 11.1. The van der Waals surface area contributed by atoms with Crippen molar-refractivity contribution in [3.05, 3.63) is 47.0 Å². The molecule has 2 N–H and O–H groups in total. The fourth-order valence-corrected chi connectivity index (χ4v) is 3.73. The lowest BCUT2D eigenvalue weighted by Gasteiger charge is -2.25. The number of ether oxygens (including phenoxy) is 1. The smallest absolute Gasteiger partial charge is 0.191 e. The van der Waals surface area contributed by atoms with Crippen molar-refractivity contribution in [2.45, 2.75) is 71.6 Å². The first-order chi connectivity index (χ1) is 14.6. The fourth-order valence-electron chi connectivity index (χ4n) is 3.73. The maximum atomic E-state index is 5.15. The normalized spacial score (nSPS) is 16.6. The van der Waals surface area contributed by atoms with Gasteiger partial charge >= 0.3 is 0 Å². The highest BCUT2D eigenvalue weighted by Crippen LogP contribution is 2.16. The van der Waals surface area contributed by atoms with Crippen LogP contribution < -0.4 is 10.6 Å². The van der Waals surface area contributed by atoms with Crippen molar-refractivity contribution < 1.29 is 4.74 Å². The van der Waals surface area contributed by atoms with E-state index in [4.69, 9.17) is 9.73 Å². The van der Waals surface area contributed by atoms with E-state index in [2.05, 4.69) is 65.8 Å². The van der Waals surface area contributed by atoms with Gasteiger partial charge in [-0.2, -0.15) is 5.10 Å². The molecule has 0 bridgehead atoms. The molecule has 1 unspecified atom stereocenters. The van der Waals surface area contributed by atoms with E-state index in [0.717, 1.165) is 62.9 Å². The number of hydrogen-bond donors (Lipinski definition) is 2. The first kappa shape index (κ1) is 22.3. The van der Waals surface area contributed by atoms with Crippen molar-refractivity contribution in [3.8, 4) is 0 Å². The molecule has 0 fully saturated rings. The summed E-state index contributed by atoms with van der Waals surface area (Å²) in [5.41, 5.74) is 2.78. The molecule has 7 heteroatoms. The molecular weight excluding hydrogens is 376 g/mol. The summed E-state index contributed by atoms with van der Waals surface area (Å²) in [5, 5.41) is 11.5. The van der Waals surface area contributed by atoms with Gasteiger partial charge in [-0.25, -0.2) is 9.67 Å². The molecule has 2 aromatic rings. The molecular formula is C23H36N6O. The Labute approximate surface area is 180 Å². The number of nitrogens with one attached hydrogen (secondary N) is 2. The molecule has 1 aliphatic heterocycles. The Balaban J connectivity index is 1.49. The Morgan fingerprint density at radius 3 is 2.80 bits per heavy atom. The van der Waals surface area contributed by atoms with Gasteiger partial charge in [0.25, 0.3) is 0 Å². The predicted octanol–water partition coefficient (Wildman–Crippen LogP) is 3.05. The summed E-state index contributed by atoms with van der Waals surface area (Å²) in [6.45, 7) is 9.48. The van der Waals surface area contributed by atoms with Crippen LogP contribution in [0.4, 0.5) is 0 Å². The monoisotopic (exact) mass is 412 g/mol. The predicted molar refractivity (Wildman–Crippen MR) is 121 cm³/mol. The van der Waals surface area contributed by atoms with Crippen LogP contribution in [0.25, 0.3) is 0 Å². The van der Waals surface area contributed by atoms with Gasteiger partial charge in [-0.05, 0) is 43.2 Å². The van der Waals surface area contributed by atoms with Gasteiger partial charge in [0.05, 0.1) is 6.54 Å². The summed E-state index contributed by atoms with van der Waals surface area (Å²) in [6.07, 6.45) is 4.03. The van der Waals surface area contributed by atoms with Gasteiger partial charge < -0.3 is 15.4 Å². The highest BCUT2D eigenvalue weighted by Gasteiger charge is 2.22. The summed E-state index contributed by atoms with van der Waals surface area (Å²) in [5.74, 6) is 3.27. The topological polar surface area (TPSA) is 76.4 Å².